The number of aromatic nitrogens is 2. The van der Waals surface area contributed by atoms with Crippen molar-refractivity contribution in [1.82, 2.24) is 9.97 Å². The lowest BCUT2D eigenvalue weighted by molar-refractivity contribution is -0.140. The van der Waals surface area contributed by atoms with Crippen LogP contribution in [0, 0.1) is 0 Å². The number of nitrogens with zero attached hydrogens (tertiary/aromatic N) is 1. The summed E-state index contributed by atoms with van der Waals surface area (Å²) in [6.45, 7) is 1.95. The number of carbonyl (C=O) groups excluding carboxylic acids is 1. The van der Waals surface area contributed by atoms with Crippen molar-refractivity contribution < 1.29 is 9.53 Å². The number of methoxy groups -OCH3 is 1. The van der Waals surface area contributed by atoms with Crippen molar-refractivity contribution in [2.75, 3.05) is 7.11 Å². The lowest BCUT2D eigenvalue weighted by Crippen LogP contribution is -2.13. The van der Waals surface area contributed by atoms with E-state index in [1.807, 2.05) is 25.1 Å². The maximum atomic E-state index is 11.9. The highest BCUT2D eigenvalue weighted by molar-refractivity contribution is 7.99. The van der Waals surface area contributed by atoms with Crippen molar-refractivity contribution in [3.05, 3.63) is 40.4 Å². The molecule has 0 bridgehead atoms. The zero-order chi connectivity index (χ0) is 14.5. The van der Waals surface area contributed by atoms with E-state index in [1.54, 1.807) is 17.8 Å². The standard InChI is InChI=1S/C14H16N2O3S/c1-9(7-13(17)19-2)20-8-12-15-11-6-4-3-5-10(11)14(18)16-12/h3-6,9H,7-8H2,1-2H3,(H,15,16,18). The van der Waals surface area contributed by atoms with E-state index in [-0.39, 0.29) is 16.8 Å². The van der Waals surface area contributed by atoms with Gasteiger partial charge in [0.05, 0.1) is 30.2 Å². The fourth-order valence-corrected chi connectivity index (χ4v) is 2.63. The van der Waals surface area contributed by atoms with Gasteiger partial charge in [0.25, 0.3) is 5.56 Å². The smallest absolute Gasteiger partial charge is 0.306 e. The highest BCUT2D eigenvalue weighted by Gasteiger charge is 2.11. The molecule has 2 rings (SSSR count). The van der Waals surface area contributed by atoms with Crippen LogP contribution in [-0.4, -0.2) is 28.3 Å². The van der Waals surface area contributed by atoms with Gasteiger partial charge >= 0.3 is 5.97 Å². The second-order valence-corrected chi connectivity index (χ2v) is 5.86. The molecule has 2 aromatic rings. The Labute approximate surface area is 120 Å². The van der Waals surface area contributed by atoms with Crippen LogP contribution >= 0.6 is 11.8 Å². The zero-order valence-electron chi connectivity index (χ0n) is 11.4. The molecule has 1 aromatic heterocycles. The summed E-state index contributed by atoms with van der Waals surface area (Å²) >= 11 is 1.56. The predicted octanol–water partition coefficient (Wildman–Crippen LogP) is 2.11. The molecular weight excluding hydrogens is 276 g/mol. The number of aromatic amines is 1. The van der Waals surface area contributed by atoms with Gasteiger partial charge in [0.15, 0.2) is 0 Å². The summed E-state index contributed by atoms with van der Waals surface area (Å²) in [4.78, 5) is 30.2. The minimum absolute atomic E-state index is 0.110. The van der Waals surface area contributed by atoms with Gasteiger partial charge in [-0.15, -0.1) is 0 Å². The van der Waals surface area contributed by atoms with E-state index in [2.05, 4.69) is 14.7 Å². The summed E-state index contributed by atoms with van der Waals surface area (Å²) in [5.74, 6) is 0.943. The van der Waals surface area contributed by atoms with E-state index in [9.17, 15) is 9.59 Å². The van der Waals surface area contributed by atoms with Crippen molar-refractivity contribution in [2.45, 2.75) is 24.3 Å². The maximum absolute atomic E-state index is 11.9. The van der Waals surface area contributed by atoms with Gasteiger partial charge in [-0.3, -0.25) is 9.59 Å². The number of fused-ring (bicyclic) bond motifs is 1. The Kier molecular flexibility index (Phi) is 4.79. The summed E-state index contributed by atoms with van der Waals surface area (Å²) in [7, 11) is 1.38. The average molecular weight is 292 g/mol. The second kappa shape index (κ2) is 6.56. The van der Waals surface area contributed by atoms with Gasteiger partial charge in [-0.2, -0.15) is 11.8 Å². The molecule has 106 valence electrons. The minimum atomic E-state index is -0.232. The first-order valence-corrected chi connectivity index (χ1v) is 7.31. The van der Waals surface area contributed by atoms with Crippen LogP contribution in [0.4, 0.5) is 0 Å². The molecule has 0 fully saturated rings. The lowest BCUT2D eigenvalue weighted by atomic mass is 10.2. The monoisotopic (exact) mass is 292 g/mol. The number of hydrogen-bond acceptors (Lipinski definition) is 5. The van der Waals surface area contributed by atoms with Gasteiger partial charge in [0.1, 0.15) is 5.82 Å². The molecule has 0 radical (unpaired) electrons. The quantitative estimate of drug-likeness (QED) is 0.855. The summed E-state index contributed by atoms with van der Waals surface area (Å²) in [5, 5.41) is 0.697. The number of esters is 1. The van der Waals surface area contributed by atoms with Gasteiger partial charge in [0, 0.05) is 5.25 Å². The Hall–Kier alpha value is -1.82. The molecule has 1 heterocycles. The number of benzene rings is 1. The Balaban J connectivity index is 2.07. The van der Waals surface area contributed by atoms with Crippen LogP contribution in [0.5, 0.6) is 0 Å². The Morgan fingerprint density at radius 2 is 2.20 bits per heavy atom. The average Bonchev–Trinajstić information content (AvgIpc) is 2.45. The predicted molar refractivity (Wildman–Crippen MR) is 79.8 cm³/mol. The molecule has 1 atom stereocenters. The molecule has 20 heavy (non-hydrogen) atoms. The van der Waals surface area contributed by atoms with Gasteiger partial charge in [-0.1, -0.05) is 19.1 Å². The van der Waals surface area contributed by atoms with E-state index in [0.29, 0.717) is 28.9 Å². The van der Waals surface area contributed by atoms with Crippen molar-refractivity contribution in [1.29, 1.82) is 0 Å². The third-order valence-corrected chi connectivity index (χ3v) is 4.02. The van der Waals surface area contributed by atoms with Crippen molar-refractivity contribution >= 4 is 28.6 Å². The number of rotatable bonds is 5. The highest BCUT2D eigenvalue weighted by atomic mass is 32.2. The topological polar surface area (TPSA) is 72.0 Å². The number of ether oxygens (including phenoxy) is 1. The van der Waals surface area contributed by atoms with Gasteiger partial charge < -0.3 is 9.72 Å². The molecule has 1 unspecified atom stereocenters. The van der Waals surface area contributed by atoms with E-state index >= 15 is 0 Å². The fraction of sp³-hybridized carbons (Fsp3) is 0.357. The number of nitrogens with one attached hydrogen (secondary N) is 1. The van der Waals surface area contributed by atoms with Crippen molar-refractivity contribution in [3.63, 3.8) is 0 Å². The van der Waals surface area contributed by atoms with Crippen molar-refractivity contribution in [3.8, 4) is 0 Å². The van der Waals surface area contributed by atoms with Crippen LogP contribution < -0.4 is 5.56 Å². The summed E-state index contributed by atoms with van der Waals surface area (Å²) in [6, 6.07) is 7.23. The summed E-state index contributed by atoms with van der Waals surface area (Å²) in [6.07, 6.45) is 0.346. The highest BCUT2D eigenvalue weighted by Crippen LogP contribution is 2.19. The summed E-state index contributed by atoms with van der Waals surface area (Å²) < 4.78 is 4.62. The van der Waals surface area contributed by atoms with Crippen LogP contribution in [0.3, 0.4) is 0 Å². The number of thioether (sulfide) groups is 1. The molecule has 0 saturated carbocycles. The van der Waals surface area contributed by atoms with Crippen LogP contribution in [-0.2, 0) is 15.3 Å². The first-order chi connectivity index (χ1) is 9.60. The first kappa shape index (κ1) is 14.6. The molecule has 5 nitrogen and oxygen atoms in total. The Bertz CT molecular complexity index is 669. The first-order valence-electron chi connectivity index (χ1n) is 6.26. The molecular formula is C14H16N2O3S. The fourth-order valence-electron chi connectivity index (χ4n) is 1.80. The van der Waals surface area contributed by atoms with Gasteiger partial charge in [-0.05, 0) is 12.1 Å². The molecule has 1 N–H and O–H groups in total. The third kappa shape index (κ3) is 3.60. The number of H-pyrrole nitrogens is 1. The third-order valence-electron chi connectivity index (χ3n) is 2.85. The molecule has 1 aromatic carbocycles. The summed E-state index contributed by atoms with van der Waals surface area (Å²) in [5.41, 5.74) is 0.555. The van der Waals surface area contributed by atoms with Gasteiger partial charge in [-0.25, -0.2) is 4.98 Å². The minimum Gasteiger partial charge on any atom is -0.469 e. The molecule has 0 amide bonds. The van der Waals surface area contributed by atoms with E-state index < -0.39 is 0 Å². The van der Waals surface area contributed by atoms with Crippen LogP contribution in [0.1, 0.15) is 19.2 Å². The molecule has 0 saturated heterocycles. The zero-order valence-corrected chi connectivity index (χ0v) is 12.2. The Morgan fingerprint density at radius 1 is 1.45 bits per heavy atom. The van der Waals surface area contributed by atoms with Crippen molar-refractivity contribution in [2.24, 2.45) is 0 Å². The number of hydrogen-bond donors (Lipinski definition) is 1. The van der Waals surface area contributed by atoms with Crippen LogP contribution in [0.25, 0.3) is 10.9 Å². The van der Waals surface area contributed by atoms with Gasteiger partial charge in [0.2, 0.25) is 0 Å². The normalized spacial score (nSPS) is 12.3. The Morgan fingerprint density at radius 3 is 2.95 bits per heavy atom. The molecule has 0 aliphatic rings. The largest absolute Gasteiger partial charge is 0.469 e. The number of carbonyl (C=O) groups is 1. The molecule has 6 heteroatoms. The SMILES string of the molecule is COC(=O)CC(C)SCc1nc2ccccc2c(=O)[nH]1. The van der Waals surface area contributed by atoms with Crippen LogP contribution in [0.2, 0.25) is 0 Å². The molecule has 0 spiro atoms. The second-order valence-electron chi connectivity index (χ2n) is 4.43. The molecule has 0 aliphatic heterocycles. The van der Waals surface area contributed by atoms with E-state index in [1.165, 1.54) is 7.11 Å². The maximum Gasteiger partial charge on any atom is 0.306 e. The molecule has 0 aliphatic carbocycles. The van der Waals surface area contributed by atoms with E-state index in [4.69, 9.17) is 0 Å². The lowest BCUT2D eigenvalue weighted by Gasteiger charge is -2.09. The number of para-hydroxylation sites is 1. The van der Waals surface area contributed by atoms with Crippen LogP contribution in [0.15, 0.2) is 29.1 Å². The van der Waals surface area contributed by atoms with E-state index in [0.717, 1.165) is 0 Å².